The number of aromatic nitrogens is 1. The zero-order valence-corrected chi connectivity index (χ0v) is 14.8. The van der Waals surface area contributed by atoms with Gasteiger partial charge in [0, 0.05) is 23.5 Å². The van der Waals surface area contributed by atoms with Gasteiger partial charge < -0.3 is 15.4 Å². The molecule has 5 nitrogen and oxygen atoms in total. The van der Waals surface area contributed by atoms with Crippen molar-refractivity contribution in [2.24, 2.45) is 0 Å². The summed E-state index contributed by atoms with van der Waals surface area (Å²) in [5.74, 6) is 1.20. The molecule has 3 aromatic rings. The van der Waals surface area contributed by atoms with Gasteiger partial charge in [0.15, 0.2) is 0 Å². The fraction of sp³-hybridized carbons (Fsp3) is 0.143. The molecule has 0 aliphatic rings. The molecule has 0 aliphatic heterocycles. The lowest BCUT2D eigenvalue weighted by Crippen LogP contribution is -2.26. The van der Waals surface area contributed by atoms with E-state index in [1.165, 1.54) is 0 Å². The third kappa shape index (κ3) is 4.39. The molecule has 0 spiro atoms. The minimum Gasteiger partial charge on any atom is -0.497 e. The van der Waals surface area contributed by atoms with E-state index in [0.29, 0.717) is 11.4 Å². The quantitative estimate of drug-likeness (QED) is 0.697. The van der Waals surface area contributed by atoms with Crippen LogP contribution >= 0.6 is 0 Å². The number of methoxy groups -OCH3 is 1. The first-order chi connectivity index (χ1) is 12.7. The Morgan fingerprint density at radius 3 is 2.62 bits per heavy atom. The van der Waals surface area contributed by atoms with Crippen molar-refractivity contribution in [1.82, 2.24) is 10.3 Å². The van der Waals surface area contributed by atoms with Gasteiger partial charge in [0.1, 0.15) is 11.6 Å². The van der Waals surface area contributed by atoms with Crippen molar-refractivity contribution in [1.29, 1.82) is 0 Å². The number of nitrogens with one attached hydrogen (secondary N) is 2. The van der Waals surface area contributed by atoms with Crippen molar-refractivity contribution < 1.29 is 9.53 Å². The minimum atomic E-state index is -0.141. The van der Waals surface area contributed by atoms with Crippen LogP contribution < -0.4 is 15.4 Å². The van der Waals surface area contributed by atoms with Gasteiger partial charge in [-0.1, -0.05) is 36.4 Å². The third-order valence-electron chi connectivity index (χ3n) is 4.01. The summed E-state index contributed by atoms with van der Waals surface area (Å²) in [5.41, 5.74) is 2.45. The van der Waals surface area contributed by atoms with Crippen molar-refractivity contribution in [2.75, 3.05) is 12.4 Å². The summed E-state index contributed by atoms with van der Waals surface area (Å²) in [4.78, 5) is 16.8. The number of hydrogen-bond acceptors (Lipinski definition) is 4. The van der Waals surface area contributed by atoms with Crippen molar-refractivity contribution >= 4 is 17.4 Å². The summed E-state index contributed by atoms with van der Waals surface area (Å²) in [7, 11) is 1.62. The Kier molecular flexibility index (Phi) is 5.49. The Morgan fingerprint density at radius 2 is 1.85 bits per heavy atom. The SMILES string of the molecule is COc1cccc(Nc2cc(C(=O)NC(C)c3ccccc3)ccn2)c1. The zero-order valence-electron chi connectivity index (χ0n) is 14.8. The molecule has 132 valence electrons. The van der Waals surface area contributed by atoms with Crippen LogP contribution in [0.25, 0.3) is 0 Å². The lowest BCUT2D eigenvalue weighted by molar-refractivity contribution is 0.0940. The molecular formula is C21H21N3O2. The molecule has 1 amide bonds. The monoisotopic (exact) mass is 347 g/mol. The molecule has 3 rings (SSSR count). The molecule has 0 aliphatic carbocycles. The summed E-state index contributed by atoms with van der Waals surface area (Å²) >= 11 is 0. The first-order valence-electron chi connectivity index (χ1n) is 8.38. The number of ether oxygens (including phenoxy) is 1. The normalized spacial score (nSPS) is 11.5. The number of pyridine rings is 1. The smallest absolute Gasteiger partial charge is 0.251 e. The first-order valence-corrected chi connectivity index (χ1v) is 8.38. The van der Waals surface area contributed by atoms with E-state index >= 15 is 0 Å². The van der Waals surface area contributed by atoms with Crippen LogP contribution in [0.15, 0.2) is 72.9 Å². The summed E-state index contributed by atoms with van der Waals surface area (Å²) in [6.07, 6.45) is 1.62. The van der Waals surface area contributed by atoms with E-state index in [1.54, 1.807) is 25.4 Å². The fourth-order valence-corrected chi connectivity index (χ4v) is 2.59. The summed E-state index contributed by atoms with van der Waals surface area (Å²) in [5, 5.41) is 6.20. The molecule has 1 atom stereocenters. The average Bonchev–Trinajstić information content (AvgIpc) is 2.69. The van der Waals surface area contributed by atoms with Gasteiger partial charge in [-0.3, -0.25) is 4.79 Å². The predicted molar refractivity (Wildman–Crippen MR) is 103 cm³/mol. The second kappa shape index (κ2) is 8.16. The number of carbonyl (C=O) groups is 1. The molecule has 2 aromatic carbocycles. The standard InChI is InChI=1S/C21H21N3O2/c1-15(16-7-4-3-5-8-16)23-21(25)17-11-12-22-20(13-17)24-18-9-6-10-19(14-18)26-2/h3-15H,1-2H3,(H,22,24)(H,23,25). The number of benzene rings is 2. The van der Waals surface area contributed by atoms with E-state index in [0.717, 1.165) is 17.0 Å². The van der Waals surface area contributed by atoms with Crippen LogP contribution in [0.1, 0.15) is 28.9 Å². The Balaban J connectivity index is 1.71. The highest BCUT2D eigenvalue weighted by Gasteiger charge is 2.12. The molecule has 0 bridgehead atoms. The van der Waals surface area contributed by atoms with Gasteiger partial charge in [0.2, 0.25) is 0 Å². The van der Waals surface area contributed by atoms with Gasteiger partial charge in [-0.25, -0.2) is 4.98 Å². The van der Waals surface area contributed by atoms with Crippen LogP contribution in [-0.4, -0.2) is 18.0 Å². The Labute approximate surface area is 153 Å². The van der Waals surface area contributed by atoms with E-state index < -0.39 is 0 Å². The maximum absolute atomic E-state index is 12.5. The molecule has 1 unspecified atom stereocenters. The van der Waals surface area contributed by atoms with E-state index in [4.69, 9.17) is 4.74 Å². The van der Waals surface area contributed by atoms with Crippen molar-refractivity contribution in [3.05, 3.63) is 84.1 Å². The average molecular weight is 347 g/mol. The molecule has 5 heteroatoms. The van der Waals surface area contributed by atoms with Gasteiger partial charge >= 0.3 is 0 Å². The Morgan fingerprint density at radius 1 is 1.04 bits per heavy atom. The van der Waals surface area contributed by atoms with Crippen LogP contribution in [-0.2, 0) is 0 Å². The largest absolute Gasteiger partial charge is 0.497 e. The van der Waals surface area contributed by atoms with Crippen LogP contribution in [0.4, 0.5) is 11.5 Å². The van der Waals surface area contributed by atoms with Gasteiger partial charge in [-0.2, -0.15) is 0 Å². The second-order valence-corrected chi connectivity index (χ2v) is 5.89. The fourth-order valence-electron chi connectivity index (χ4n) is 2.59. The number of rotatable bonds is 6. The lowest BCUT2D eigenvalue weighted by Gasteiger charge is -2.15. The first kappa shape index (κ1) is 17.5. The highest BCUT2D eigenvalue weighted by molar-refractivity contribution is 5.95. The molecule has 1 aromatic heterocycles. The molecule has 0 fully saturated rings. The van der Waals surface area contributed by atoms with Gasteiger partial charge in [0.05, 0.1) is 13.2 Å². The molecule has 1 heterocycles. The molecule has 0 saturated heterocycles. The number of hydrogen-bond donors (Lipinski definition) is 2. The maximum atomic E-state index is 12.5. The molecular weight excluding hydrogens is 326 g/mol. The van der Waals surface area contributed by atoms with Crippen LogP contribution in [0, 0.1) is 0 Å². The second-order valence-electron chi connectivity index (χ2n) is 5.89. The van der Waals surface area contributed by atoms with Crippen molar-refractivity contribution in [3.63, 3.8) is 0 Å². The number of carbonyl (C=O) groups excluding carboxylic acids is 1. The molecule has 2 N–H and O–H groups in total. The number of anilines is 2. The molecule has 26 heavy (non-hydrogen) atoms. The van der Waals surface area contributed by atoms with Crippen LogP contribution in [0.2, 0.25) is 0 Å². The van der Waals surface area contributed by atoms with E-state index in [9.17, 15) is 4.79 Å². The summed E-state index contributed by atoms with van der Waals surface area (Å²) in [6, 6.07) is 20.7. The van der Waals surface area contributed by atoms with Crippen molar-refractivity contribution in [2.45, 2.75) is 13.0 Å². The topological polar surface area (TPSA) is 63.2 Å². The molecule has 0 radical (unpaired) electrons. The van der Waals surface area contributed by atoms with Crippen LogP contribution in [0.5, 0.6) is 5.75 Å². The van der Waals surface area contributed by atoms with E-state index in [-0.39, 0.29) is 11.9 Å². The van der Waals surface area contributed by atoms with Crippen LogP contribution in [0.3, 0.4) is 0 Å². The summed E-state index contributed by atoms with van der Waals surface area (Å²) in [6.45, 7) is 1.96. The van der Waals surface area contributed by atoms with Crippen molar-refractivity contribution in [3.8, 4) is 5.75 Å². The molecule has 0 saturated carbocycles. The third-order valence-corrected chi connectivity index (χ3v) is 4.01. The number of nitrogens with zero attached hydrogens (tertiary/aromatic N) is 1. The lowest BCUT2D eigenvalue weighted by atomic mass is 10.1. The summed E-state index contributed by atoms with van der Waals surface area (Å²) < 4.78 is 5.22. The Hall–Kier alpha value is -3.34. The van der Waals surface area contributed by atoms with E-state index in [2.05, 4.69) is 15.6 Å². The highest BCUT2D eigenvalue weighted by atomic mass is 16.5. The van der Waals surface area contributed by atoms with Gasteiger partial charge in [-0.05, 0) is 36.8 Å². The zero-order chi connectivity index (χ0) is 18.4. The maximum Gasteiger partial charge on any atom is 0.251 e. The van der Waals surface area contributed by atoms with Gasteiger partial charge in [0.25, 0.3) is 5.91 Å². The predicted octanol–water partition coefficient (Wildman–Crippen LogP) is 4.32. The number of amides is 1. The van der Waals surface area contributed by atoms with E-state index in [1.807, 2.05) is 61.5 Å². The minimum absolute atomic E-state index is 0.0772. The Bertz CT molecular complexity index is 881. The highest BCUT2D eigenvalue weighted by Crippen LogP contribution is 2.21. The van der Waals surface area contributed by atoms with Gasteiger partial charge in [-0.15, -0.1) is 0 Å².